The van der Waals surface area contributed by atoms with Gasteiger partial charge in [0, 0.05) is 58.6 Å². The SMILES string of the molecule is Cn1c(=O)n(C2CCC(=O)NC2=O)c2cccc(C3CCN(CC4COC5(C4)CN(CC4CCC(n6cc(NC(=O)c7cnn8ccc(N9CC%10OC[C@@H]%109)nc78)c(C(F)F)n6)CC4)C5)CC3)c21. The second-order valence-electron chi connectivity index (χ2n) is 20.2. The fourth-order valence-corrected chi connectivity index (χ4v) is 12.4. The molecule has 1 spiro atoms. The maximum Gasteiger partial charge on any atom is 0.329 e. The molecular formula is C47H56F2N12O6. The van der Waals surface area contributed by atoms with Crippen LogP contribution in [0.1, 0.15) is 104 Å². The minimum absolute atomic E-state index is 0.00323. The smallest absolute Gasteiger partial charge is 0.329 e. The van der Waals surface area contributed by atoms with Gasteiger partial charge in [0.15, 0.2) is 11.3 Å². The molecule has 4 aromatic heterocycles. The number of aryl methyl sites for hydroxylation is 1. The highest BCUT2D eigenvalue weighted by Gasteiger charge is 2.50. The first kappa shape index (κ1) is 42.8. The zero-order valence-electron chi connectivity index (χ0n) is 37.6. The summed E-state index contributed by atoms with van der Waals surface area (Å²) in [6.45, 7) is 7.97. The molecule has 3 unspecified atom stereocenters. The fourth-order valence-electron chi connectivity index (χ4n) is 12.4. The number of nitrogens with one attached hydrogen (secondary N) is 2. The first-order valence-corrected chi connectivity index (χ1v) is 24.0. The molecule has 1 aromatic carbocycles. The highest BCUT2D eigenvalue weighted by atomic mass is 19.3. The Bertz CT molecular complexity index is 2820. The van der Waals surface area contributed by atoms with Gasteiger partial charge in [-0.1, -0.05) is 12.1 Å². The largest absolute Gasteiger partial charge is 0.372 e. The van der Waals surface area contributed by atoms with Gasteiger partial charge < -0.3 is 24.6 Å². The van der Waals surface area contributed by atoms with Gasteiger partial charge >= 0.3 is 5.69 Å². The number of hydrogen-bond donors (Lipinski definition) is 2. The Morgan fingerprint density at radius 1 is 0.985 bits per heavy atom. The molecule has 0 radical (unpaired) electrons. The van der Waals surface area contributed by atoms with Crippen LogP contribution in [0.15, 0.2) is 47.7 Å². The molecule has 1 saturated carbocycles. The van der Waals surface area contributed by atoms with E-state index in [1.807, 2.05) is 18.2 Å². The summed E-state index contributed by atoms with van der Waals surface area (Å²) in [5, 5.41) is 13.7. The molecule has 10 heterocycles. The Morgan fingerprint density at radius 3 is 2.52 bits per heavy atom. The molecule has 0 bridgehead atoms. The molecule has 354 valence electrons. The zero-order valence-corrected chi connectivity index (χ0v) is 37.6. The van der Waals surface area contributed by atoms with Crippen molar-refractivity contribution in [2.24, 2.45) is 18.9 Å². The van der Waals surface area contributed by atoms with Crippen molar-refractivity contribution in [1.29, 1.82) is 0 Å². The molecule has 20 heteroatoms. The Kier molecular flexibility index (Phi) is 10.6. The van der Waals surface area contributed by atoms with Gasteiger partial charge in [-0.25, -0.2) is 23.1 Å². The maximum atomic E-state index is 14.3. The monoisotopic (exact) mass is 922 g/mol. The van der Waals surface area contributed by atoms with E-state index in [1.165, 1.54) is 10.7 Å². The van der Waals surface area contributed by atoms with Crippen LogP contribution in [0, 0.1) is 11.8 Å². The first-order valence-electron chi connectivity index (χ1n) is 24.0. The Morgan fingerprint density at radius 2 is 1.79 bits per heavy atom. The molecule has 4 atom stereocenters. The third-order valence-corrected chi connectivity index (χ3v) is 16.0. The molecule has 3 amide bonds. The minimum atomic E-state index is -2.85. The molecule has 7 aliphatic rings. The fraction of sp³-hybridized carbons (Fsp3) is 0.596. The first-order chi connectivity index (χ1) is 32.5. The van der Waals surface area contributed by atoms with E-state index in [9.17, 15) is 28.0 Å². The van der Waals surface area contributed by atoms with Gasteiger partial charge in [-0.2, -0.15) is 10.2 Å². The molecule has 7 fully saturated rings. The van der Waals surface area contributed by atoms with E-state index in [4.69, 9.17) is 14.5 Å². The number of fused-ring (bicyclic) bond motifs is 3. The molecule has 1 aliphatic carbocycles. The zero-order chi connectivity index (χ0) is 45.7. The number of ether oxygens (including phenoxy) is 2. The number of nitrogens with zero attached hydrogens (tertiary/aromatic N) is 10. The number of para-hydroxylation sites is 1. The number of amides is 3. The van der Waals surface area contributed by atoms with Gasteiger partial charge in [-0.05, 0) is 99.9 Å². The lowest BCUT2D eigenvalue weighted by Gasteiger charge is -2.55. The summed E-state index contributed by atoms with van der Waals surface area (Å²) in [4.78, 5) is 63.5. The van der Waals surface area contributed by atoms with Crippen LogP contribution in [0.4, 0.5) is 20.3 Å². The number of alkyl halides is 2. The summed E-state index contributed by atoms with van der Waals surface area (Å²) in [6, 6.07) is 7.42. The van der Waals surface area contributed by atoms with Crippen LogP contribution in [-0.4, -0.2) is 138 Å². The Hall–Kier alpha value is -5.57. The summed E-state index contributed by atoms with van der Waals surface area (Å²) in [5.41, 5.74) is 2.57. The third kappa shape index (κ3) is 7.54. The van der Waals surface area contributed by atoms with Crippen molar-refractivity contribution in [1.82, 2.24) is 48.6 Å². The average Bonchev–Trinajstić information content (AvgIpc) is 4.09. The van der Waals surface area contributed by atoms with Crippen LogP contribution in [0.3, 0.4) is 0 Å². The van der Waals surface area contributed by atoms with E-state index in [1.54, 1.807) is 33.3 Å². The van der Waals surface area contributed by atoms with Gasteiger partial charge in [-0.3, -0.25) is 38.4 Å². The third-order valence-electron chi connectivity index (χ3n) is 16.0. The molecule has 5 aromatic rings. The number of halogens is 2. The van der Waals surface area contributed by atoms with Crippen molar-refractivity contribution < 1.29 is 32.6 Å². The standard InChI is InChI=1S/C47H56F2N12O6/c1-55-41-31(3-2-4-34(41)61(46(55)65)35-9-10-39(62)53-45(35)64)29-11-14-56(15-12-29)20-28-17-47(67-23-28)25-57(26-47)19-27-5-7-30(8-6-27)60-21-33(40(54-60)42(48)49)51-44(63)32-18-50-59-16-13-38(52-43(32)59)58-22-37-36(58)24-66-37/h2-4,13,16,18,21,27-30,35-37,42H,5-12,14-15,17,19-20,22-26H2,1H3,(H,51,63)(H,53,62,64)/t27?,28?,30?,35?,36-,37?/m0/s1. The van der Waals surface area contributed by atoms with Crippen molar-refractivity contribution in [2.45, 2.75) is 100.0 Å². The van der Waals surface area contributed by atoms with Gasteiger partial charge in [0.2, 0.25) is 11.8 Å². The lowest BCUT2D eigenvalue weighted by molar-refractivity contribution is -0.135. The van der Waals surface area contributed by atoms with E-state index in [2.05, 4.69) is 41.6 Å². The number of benzene rings is 1. The number of piperidine rings is 2. The summed E-state index contributed by atoms with van der Waals surface area (Å²) in [7, 11) is 1.78. The molecule has 18 nitrogen and oxygen atoms in total. The van der Waals surface area contributed by atoms with Gasteiger partial charge in [0.1, 0.15) is 17.4 Å². The van der Waals surface area contributed by atoms with E-state index in [-0.39, 0.29) is 53.1 Å². The number of hydrogen-bond acceptors (Lipinski definition) is 12. The molecule has 2 N–H and O–H groups in total. The van der Waals surface area contributed by atoms with E-state index in [0.29, 0.717) is 36.4 Å². The van der Waals surface area contributed by atoms with Gasteiger partial charge in [-0.15, -0.1) is 0 Å². The number of carbonyl (C=O) groups is 3. The van der Waals surface area contributed by atoms with Crippen LogP contribution < -0.4 is 21.2 Å². The number of anilines is 2. The number of morpholine rings is 1. The number of aromatic nitrogens is 7. The molecule has 12 rings (SSSR count). The highest BCUT2D eigenvalue weighted by Crippen LogP contribution is 2.42. The van der Waals surface area contributed by atoms with Crippen molar-refractivity contribution >= 4 is 45.9 Å². The Labute approximate surface area is 384 Å². The number of rotatable bonds is 11. The van der Waals surface area contributed by atoms with Gasteiger partial charge in [0.25, 0.3) is 12.3 Å². The van der Waals surface area contributed by atoms with Crippen molar-refractivity contribution in [3.63, 3.8) is 0 Å². The molecule has 6 saturated heterocycles. The maximum absolute atomic E-state index is 14.3. The normalized spacial score (nSPS) is 27.9. The second-order valence-corrected chi connectivity index (χ2v) is 20.2. The molecule has 6 aliphatic heterocycles. The molecular weight excluding hydrogens is 867 g/mol. The Balaban J connectivity index is 0.606. The second kappa shape index (κ2) is 16.6. The van der Waals surface area contributed by atoms with Gasteiger partial charge in [0.05, 0.1) is 59.9 Å². The predicted molar refractivity (Wildman–Crippen MR) is 240 cm³/mol. The molecule has 67 heavy (non-hydrogen) atoms. The summed E-state index contributed by atoms with van der Waals surface area (Å²) in [5.74, 6) is 0.731. The topological polar surface area (TPSA) is 178 Å². The average molecular weight is 923 g/mol. The van der Waals surface area contributed by atoms with Crippen LogP contribution >= 0.6 is 0 Å². The van der Waals surface area contributed by atoms with E-state index < -0.39 is 30.0 Å². The quantitative estimate of drug-likeness (QED) is 0.182. The van der Waals surface area contributed by atoms with E-state index >= 15 is 0 Å². The highest BCUT2D eigenvalue weighted by molar-refractivity contribution is 6.08. The van der Waals surface area contributed by atoms with Crippen molar-refractivity contribution in [2.75, 3.05) is 69.2 Å². The number of carbonyl (C=O) groups excluding carboxylic acids is 3. The lowest BCUT2D eigenvalue weighted by Crippen LogP contribution is -2.71. The summed E-state index contributed by atoms with van der Waals surface area (Å²) >= 11 is 0. The number of likely N-dealkylation sites (tertiary alicyclic amines) is 2. The summed E-state index contributed by atoms with van der Waals surface area (Å²) in [6.07, 6.45) is 9.22. The van der Waals surface area contributed by atoms with E-state index in [0.717, 1.165) is 120 Å². The van der Waals surface area contributed by atoms with Crippen LogP contribution in [0.2, 0.25) is 0 Å². The van der Waals surface area contributed by atoms with Crippen LogP contribution in [-0.2, 0) is 26.1 Å². The van der Waals surface area contributed by atoms with Crippen LogP contribution in [0.25, 0.3) is 16.7 Å². The lowest BCUT2D eigenvalue weighted by atomic mass is 9.82. The number of imidazole rings is 1. The van der Waals surface area contributed by atoms with Crippen LogP contribution in [0.5, 0.6) is 0 Å². The summed E-state index contributed by atoms with van der Waals surface area (Å²) < 4.78 is 47.1. The minimum Gasteiger partial charge on any atom is -0.372 e. The predicted octanol–water partition coefficient (Wildman–Crippen LogP) is 4.04. The van der Waals surface area contributed by atoms with Crippen molar-refractivity contribution in [3.8, 4) is 0 Å². The van der Waals surface area contributed by atoms with Crippen molar-refractivity contribution in [3.05, 3.63) is 70.2 Å². The number of imide groups is 1.